The molecule has 1 aromatic carbocycles. The van der Waals surface area contributed by atoms with Gasteiger partial charge in [0, 0.05) is 38.9 Å². The van der Waals surface area contributed by atoms with Gasteiger partial charge >= 0.3 is 0 Å². The standard InChI is InChI=1S/C19H24F3N5O2/c1-24-11-15(26-18(28)16-13(21)3-2-4-14(16)22)17(23)19(29)25-12-5-8-27(9-6-12)10-7-20/h2-4,11-12,23-24H,5-10H2,1H3,(H,25,29)(H,26,28)/b15-11+,23-17?. The topological polar surface area (TPSA) is 97.3 Å². The quantitative estimate of drug-likeness (QED) is 0.485. The lowest BCUT2D eigenvalue weighted by Crippen LogP contribution is -2.48. The summed E-state index contributed by atoms with van der Waals surface area (Å²) in [6, 6.07) is 2.81. The molecule has 2 rings (SSSR count). The minimum Gasteiger partial charge on any atom is -0.392 e. The third-order valence-corrected chi connectivity index (χ3v) is 4.55. The van der Waals surface area contributed by atoms with Gasteiger partial charge in [-0.2, -0.15) is 0 Å². The van der Waals surface area contributed by atoms with E-state index in [4.69, 9.17) is 5.41 Å². The van der Waals surface area contributed by atoms with Gasteiger partial charge in [0.2, 0.25) is 0 Å². The first-order chi connectivity index (χ1) is 13.9. The summed E-state index contributed by atoms with van der Waals surface area (Å²) in [6.45, 7) is 1.18. The summed E-state index contributed by atoms with van der Waals surface area (Å²) in [5.41, 5.74) is -1.59. The Hall–Kier alpha value is -2.88. The van der Waals surface area contributed by atoms with Gasteiger partial charge in [-0.05, 0) is 25.0 Å². The van der Waals surface area contributed by atoms with Gasteiger partial charge < -0.3 is 20.9 Å². The second-order valence-corrected chi connectivity index (χ2v) is 6.55. The Labute approximate surface area is 166 Å². The fraction of sp³-hybridized carbons (Fsp3) is 0.421. The number of likely N-dealkylation sites (tertiary alicyclic amines) is 1. The highest BCUT2D eigenvalue weighted by atomic mass is 19.1. The van der Waals surface area contributed by atoms with Gasteiger partial charge in [0.1, 0.15) is 29.6 Å². The molecule has 10 heteroatoms. The molecule has 1 aliphatic rings. The lowest BCUT2D eigenvalue weighted by atomic mass is 10.0. The fourth-order valence-electron chi connectivity index (χ4n) is 3.01. The number of carbonyl (C=O) groups excluding carboxylic acids is 2. The number of alkyl halides is 1. The third kappa shape index (κ3) is 6.05. The van der Waals surface area contributed by atoms with Crippen LogP contribution in [0, 0.1) is 17.0 Å². The molecule has 1 fully saturated rings. The molecule has 0 spiro atoms. The van der Waals surface area contributed by atoms with Crippen LogP contribution in [0.25, 0.3) is 0 Å². The molecule has 0 atom stereocenters. The van der Waals surface area contributed by atoms with Crippen molar-refractivity contribution in [3.05, 3.63) is 47.3 Å². The first-order valence-electron chi connectivity index (χ1n) is 9.18. The average molecular weight is 411 g/mol. The van der Waals surface area contributed by atoms with Crippen molar-refractivity contribution < 1.29 is 22.8 Å². The van der Waals surface area contributed by atoms with E-state index in [1.807, 2.05) is 4.90 Å². The smallest absolute Gasteiger partial charge is 0.271 e. The highest BCUT2D eigenvalue weighted by Crippen LogP contribution is 2.13. The molecule has 158 valence electrons. The number of rotatable bonds is 8. The molecule has 1 aromatic rings. The van der Waals surface area contributed by atoms with Crippen LogP contribution in [0.15, 0.2) is 30.1 Å². The Morgan fingerprint density at radius 2 is 1.86 bits per heavy atom. The van der Waals surface area contributed by atoms with Crippen molar-refractivity contribution in [2.75, 3.05) is 33.4 Å². The third-order valence-electron chi connectivity index (χ3n) is 4.55. The molecular formula is C19H24F3N5O2. The van der Waals surface area contributed by atoms with Crippen LogP contribution in [0.1, 0.15) is 23.2 Å². The minimum atomic E-state index is -1.11. The van der Waals surface area contributed by atoms with Crippen LogP contribution in [-0.4, -0.2) is 61.8 Å². The predicted molar refractivity (Wildman–Crippen MR) is 102 cm³/mol. The maximum Gasteiger partial charge on any atom is 0.271 e. The minimum absolute atomic E-state index is 0.186. The van der Waals surface area contributed by atoms with E-state index in [0.717, 1.165) is 18.2 Å². The van der Waals surface area contributed by atoms with E-state index in [-0.39, 0.29) is 11.7 Å². The van der Waals surface area contributed by atoms with Gasteiger partial charge in [0.25, 0.3) is 11.8 Å². The maximum atomic E-state index is 13.8. The number of hydrogen-bond acceptors (Lipinski definition) is 5. The maximum absolute atomic E-state index is 13.8. The summed E-state index contributed by atoms with van der Waals surface area (Å²) < 4.78 is 40.0. The first-order valence-corrected chi connectivity index (χ1v) is 9.18. The summed E-state index contributed by atoms with van der Waals surface area (Å²) in [4.78, 5) is 26.6. The van der Waals surface area contributed by atoms with Crippen molar-refractivity contribution in [2.24, 2.45) is 0 Å². The monoisotopic (exact) mass is 411 g/mol. The van der Waals surface area contributed by atoms with Crippen molar-refractivity contribution in [3.8, 4) is 0 Å². The summed E-state index contributed by atoms with van der Waals surface area (Å²) in [6.07, 6.45) is 2.40. The number of nitrogens with zero attached hydrogens (tertiary/aromatic N) is 1. The molecule has 4 N–H and O–H groups in total. The van der Waals surface area contributed by atoms with Crippen molar-refractivity contribution in [3.63, 3.8) is 0 Å². The highest BCUT2D eigenvalue weighted by Gasteiger charge is 2.25. The van der Waals surface area contributed by atoms with Crippen molar-refractivity contribution >= 4 is 17.5 Å². The Balaban J connectivity index is 2.01. The summed E-state index contributed by atoms with van der Waals surface area (Å²) >= 11 is 0. The molecule has 29 heavy (non-hydrogen) atoms. The second kappa shape index (κ2) is 10.6. The van der Waals surface area contributed by atoms with Crippen LogP contribution < -0.4 is 16.0 Å². The van der Waals surface area contributed by atoms with Gasteiger partial charge in [-0.1, -0.05) is 6.07 Å². The summed E-state index contributed by atoms with van der Waals surface area (Å²) in [5.74, 6) is -3.95. The summed E-state index contributed by atoms with van der Waals surface area (Å²) in [5, 5.41) is 15.6. The molecule has 0 bridgehead atoms. The number of nitrogens with one attached hydrogen (secondary N) is 4. The molecular weight excluding hydrogens is 387 g/mol. The van der Waals surface area contributed by atoms with Crippen molar-refractivity contribution in [2.45, 2.75) is 18.9 Å². The molecule has 0 saturated carbocycles. The first kappa shape index (κ1) is 22.4. The van der Waals surface area contributed by atoms with E-state index < -0.39 is 41.4 Å². The predicted octanol–water partition coefficient (Wildman–Crippen LogP) is 1.33. The number of benzene rings is 1. The van der Waals surface area contributed by atoms with Gasteiger partial charge in [-0.15, -0.1) is 0 Å². The molecule has 7 nitrogen and oxygen atoms in total. The van der Waals surface area contributed by atoms with E-state index in [0.29, 0.717) is 32.5 Å². The van der Waals surface area contributed by atoms with Gasteiger partial charge in [0.05, 0.1) is 5.70 Å². The van der Waals surface area contributed by atoms with Gasteiger partial charge in [-0.3, -0.25) is 15.0 Å². The normalized spacial score (nSPS) is 15.7. The zero-order chi connectivity index (χ0) is 21.4. The van der Waals surface area contributed by atoms with Gasteiger partial charge in [0.15, 0.2) is 0 Å². The van der Waals surface area contributed by atoms with Gasteiger partial charge in [-0.25, -0.2) is 13.2 Å². The Kier molecular flexibility index (Phi) is 8.20. The molecule has 2 amide bonds. The van der Waals surface area contributed by atoms with Crippen LogP contribution in [-0.2, 0) is 4.79 Å². The van der Waals surface area contributed by atoms with Crippen molar-refractivity contribution in [1.29, 1.82) is 5.41 Å². The largest absolute Gasteiger partial charge is 0.392 e. The van der Waals surface area contributed by atoms with E-state index in [2.05, 4.69) is 16.0 Å². The fourth-order valence-corrected chi connectivity index (χ4v) is 3.01. The van der Waals surface area contributed by atoms with Crippen LogP contribution in [0.5, 0.6) is 0 Å². The zero-order valence-corrected chi connectivity index (χ0v) is 16.0. The Morgan fingerprint density at radius 3 is 2.41 bits per heavy atom. The van der Waals surface area contributed by atoms with Crippen LogP contribution >= 0.6 is 0 Å². The average Bonchev–Trinajstić information content (AvgIpc) is 2.68. The molecule has 1 heterocycles. The van der Waals surface area contributed by atoms with E-state index >= 15 is 0 Å². The van der Waals surface area contributed by atoms with E-state index in [9.17, 15) is 22.8 Å². The van der Waals surface area contributed by atoms with Crippen LogP contribution in [0.3, 0.4) is 0 Å². The Morgan fingerprint density at radius 1 is 1.24 bits per heavy atom. The molecule has 0 aromatic heterocycles. The number of hydrogen-bond donors (Lipinski definition) is 4. The Bertz CT molecular complexity index is 772. The number of carbonyl (C=O) groups is 2. The molecule has 0 radical (unpaired) electrons. The van der Waals surface area contributed by atoms with Crippen molar-refractivity contribution in [1.82, 2.24) is 20.9 Å². The molecule has 0 unspecified atom stereocenters. The number of piperidine rings is 1. The molecule has 1 saturated heterocycles. The summed E-state index contributed by atoms with van der Waals surface area (Å²) in [7, 11) is 1.49. The number of amides is 2. The van der Waals surface area contributed by atoms with Crippen LogP contribution in [0.4, 0.5) is 13.2 Å². The molecule has 1 aliphatic heterocycles. The van der Waals surface area contributed by atoms with E-state index in [1.165, 1.54) is 13.2 Å². The van der Waals surface area contributed by atoms with E-state index in [1.54, 1.807) is 0 Å². The number of halogens is 3. The molecule has 0 aliphatic carbocycles. The van der Waals surface area contributed by atoms with Crippen LogP contribution in [0.2, 0.25) is 0 Å². The second-order valence-electron chi connectivity index (χ2n) is 6.55. The highest BCUT2D eigenvalue weighted by molar-refractivity contribution is 6.44. The zero-order valence-electron chi connectivity index (χ0n) is 16.0. The lowest BCUT2D eigenvalue weighted by Gasteiger charge is -2.31. The SMILES string of the molecule is CN/C=C(/NC(=O)c1c(F)cccc1F)C(=N)C(=O)NC1CCN(CCF)CC1. The lowest BCUT2D eigenvalue weighted by molar-refractivity contribution is -0.115.